The predicted molar refractivity (Wildman–Crippen MR) is 76.7 cm³/mol. The Balaban J connectivity index is 1.79. The zero-order valence-corrected chi connectivity index (χ0v) is 11.1. The van der Waals surface area contributed by atoms with Crippen LogP contribution in [0, 0.1) is 5.82 Å². The minimum absolute atomic E-state index is 0.0805. The maximum atomic E-state index is 14.1. The fraction of sp³-hybridized carbons (Fsp3) is 0.133. The lowest BCUT2D eigenvalue weighted by molar-refractivity contribution is 0.386. The number of hydrogen-bond acceptors (Lipinski definition) is 5. The first-order valence-electron chi connectivity index (χ1n) is 6.72. The van der Waals surface area contributed by atoms with Crippen LogP contribution in [0.5, 0.6) is 0 Å². The van der Waals surface area contributed by atoms with Crippen LogP contribution in [0.4, 0.5) is 15.8 Å². The van der Waals surface area contributed by atoms with Gasteiger partial charge in [-0.2, -0.15) is 0 Å². The molecule has 0 saturated carbocycles. The fourth-order valence-electron chi connectivity index (χ4n) is 2.78. The number of rotatable bonds is 1. The summed E-state index contributed by atoms with van der Waals surface area (Å²) >= 11 is 0. The molecule has 0 atom stereocenters. The average molecular weight is 284 g/mol. The van der Waals surface area contributed by atoms with Crippen LogP contribution < -0.4 is 15.6 Å². The highest BCUT2D eigenvalue weighted by Crippen LogP contribution is 2.38. The number of nitrogens with one attached hydrogen (secondary N) is 1. The van der Waals surface area contributed by atoms with Gasteiger partial charge in [0.05, 0.1) is 23.3 Å². The van der Waals surface area contributed by atoms with Crippen molar-refractivity contribution in [2.24, 2.45) is 0 Å². The van der Waals surface area contributed by atoms with E-state index in [1.165, 1.54) is 11.1 Å². The van der Waals surface area contributed by atoms with Gasteiger partial charge < -0.3 is 5.11 Å². The molecule has 0 saturated heterocycles. The third-order valence-electron chi connectivity index (χ3n) is 3.77. The maximum absolute atomic E-state index is 14.1. The van der Waals surface area contributed by atoms with Crippen LogP contribution in [0.3, 0.4) is 0 Å². The molecule has 0 bridgehead atoms. The van der Waals surface area contributed by atoms with Gasteiger partial charge in [-0.25, -0.2) is 9.40 Å². The van der Waals surface area contributed by atoms with Crippen molar-refractivity contribution in [1.29, 1.82) is 0 Å². The highest BCUT2D eigenvalue weighted by molar-refractivity contribution is 5.66. The van der Waals surface area contributed by atoms with Gasteiger partial charge in [0.25, 0.3) is 0 Å². The van der Waals surface area contributed by atoms with E-state index in [2.05, 4.69) is 10.5 Å². The molecule has 2 N–H and O–H groups in total. The van der Waals surface area contributed by atoms with Gasteiger partial charge in [0, 0.05) is 6.20 Å². The molecule has 1 aromatic heterocycles. The SMILES string of the molecule is OC1=C2CCc3cccc(F)c3N2NN1c1cccnc1. The first-order valence-corrected chi connectivity index (χ1v) is 6.72. The maximum Gasteiger partial charge on any atom is 0.229 e. The molecule has 0 fully saturated rings. The number of anilines is 2. The number of nitrogens with zero attached hydrogens (tertiary/aromatic N) is 3. The Hall–Kier alpha value is -2.60. The summed E-state index contributed by atoms with van der Waals surface area (Å²) in [6, 6.07) is 8.63. The summed E-state index contributed by atoms with van der Waals surface area (Å²) in [6.07, 6.45) is 4.63. The van der Waals surface area contributed by atoms with Gasteiger partial charge in [0.1, 0.15) is 5.82 Å². The Bertz CT molecular complexity index is 732. The van der Waals surface area contributed by atoms with E-state index in [4.69, 9.17) is 0 Å². The Morgan fingerprint density at radius 2 is 2.05 bits per heavy atom. The Kier molecular flexibility index (Phi) is 2.58. The first kappa shape index (κ1) is 12.2. The molecule has 6 heteroatoms. The standard InChI is InChI=1S/C15H13FN4O/c16-12-5-1-3-10-6-7-13-15(21)19(18-20(13)14(10)12)11-4-2-8-17-9-11/h1-5,8-9,18,21H,6-7H2. The van der Waals surface area contributed by atoms with Gasteiger partial charge in [-0.1, -0.05) is 12.1 Å². The van der Waals surface area contributed by atoms with Gasteiger partial charge in [-0.05, 0) is 36.6 Å². The normalized spacial score (nSPS) is 17.0. The molecule has 2 aromatic rings. The first-order chi connectivity index (χ1) is 10.3. The predicted octanol–water partition coefficient (Wildman–Crippen LogP) is 2.64. The number of hydrogen-bond donors (Lipinski definition) is 2. The number of hydrazine groups is 2. The van der Waals surface area contributed by atoms with E-state index in [1.807, 2.05) is 12.1 Å². The van der Waals surface area contributed by atoms with Crippen molar-refractivity contribution in [3.8, 4) is 0 Å². The lowest BCUT2D eigenvalue weighted by atomic mass is 10.0. The topological polar surface area (TPSA) is 51.6 Å². The molecule has 3 heterocycles. The fourth-order valence-corrected chi connectivity index (χ4v) is 2.78. The van der Waals surface area contributed by atoms with Crippen LogP contribution >= 0.6 is 0 Å². The van der Waals surface area contributed by atoms with Crippen molar-refractivity contribution in [3.05, 3.63) is 65.7 Å². The number of para-hydroxylation sites is 1. The summed E-state index contributed by atoms with van der Waals surface area (Å²) < 4.78 is 14.1. The van der Waals surface area contributed by atoms with Crippen LogP contribution in [-0.2, 0) is 6.42 Å². The summed E-state index contributed by atoms with van der Waals surface area (Å²) in [5.74, 6) is -0.227. The molecule has 2 aliphatic heterocycles. The van der Waals surface area contributed by atoms with Gasteiger partial charge in [-0.15, -0.1) is 5.53 Å². The van der Waals surface area contributed by atoms with Gasteiger partial charge in [0.15, 0.2) is 0 Å². The van der Waals surface area contributed by atoms with Crippen LogP contribution in [0.15, 0.2) is 54.3 Å². The average Bonchev–Trinajstić information content (AvgIpc) is 2.85. The molecule has 0 amide bonds. The Morgan fingerprint density at radius 3 is 2.86 bits per heavy atom. The third kappa shape index (κ3) is 1.76. The number of aromatic nitrogens is 1. The molecular formula is C15H13FN4O. The van der Waals surface area contributed by atoms with Crippen LogP contribution in [-0.4, -0.2) is 10.1 Å². The number of allylic oxidation sites excluding steroid dienone is 1. The van der Waals surface area contributed by atoms with Crippen LogP contribution in [0.25, 0.3) is 0 Å². The minimum Gasteiger partial charge on any atom is -0.492 e. The van der Waals surface area contributed by atoms with Crippen molar-refractivity contribution >= 4 is 11.4 Å². The molecule has 1 aromatic carbocycles. The molecule has 21 heavy (non-hydrogen) atoms. The lowest BCUT2D eigenvalue weighted by Gasteiger charge is -2.29. The summed E-state index contributed by atoms with van der Waals surface area (Å²) in [4.78, 5) is 4.03. The van der Waals surface area contributed by atoms with Gasteiger partial charge >= 0.3 is 0 Å². The zero-order chi connectivity index (χ0) is 14.4. The number of aliphatic hydroxyl groups excluding tert-OH is 1. The largest absolute Gasteiger partial charge is 0.492 e. The number of pyridine rings is 1. The molecule has 4 rings (SSSR count). The molecule has 0 spiro atoms. The summed E-state index contributed by atoms with van der Waals surface area (Å²) in [6.45, 7) is 0. The number of benzene rings is 1. The second kappa shape index (κ2) is 4.46. The summed E-state index contributed by atoms with van der Waals surface area (Å²) in [5.41, 5.74) is 5.76. The number of aliphatic hydroxyl groups is 1. The summed E-state index contributed by atoms with van der Waals surface area (Å²) in [5, 5.41) is 13.5. The monoisotopic (exact) mass is 284 g/mol. The van der Waals surface area contributed by atoms with E-state index in [0.29, 0.717) is 29.9 Å². The smallest absolute Gasteiger partial charge is 0.229 e. The van der Waals surface area contributed by atoms with Crippen LogP contribution in [0.2, 0.25) is 0 Å². The molecule has 0 unspecified atom stereocenters. The highest BCUT2D eigenvalue weighted by atomic mass is 19.1. The highest BCUT2D eigenvalue weighted by Gasteiger charge is 2.36. The Labute approximate surface area is 120 Å². The molecule has 0 aliphatic carbocycles. The van der Waals surface area contributed by atoms with E-state index >= 15 is 0 Å². The third-order valence-corrected chi connectivity index (χ3v) is 3.77. The van der Waals surface area contributed by atoms with Gasteiger partial charge in [-0.3, -0.25) is 9.99 Å². The van der Waals surface area contributed by atoms with Crippen molar-refractivity contribution in [2.75, 3.05) is 10.0 Å². The molecule has 5 nitrogen and oxygen atoms in total. The van der Waals surface area contributed by atoms with Crippen molar-refractivity contribution in [3.63, 3.8) is 0 Å². The quantitative estimate of drug-likeness (QED) is 0.843. The van der Waals surface area contributed by atoms with Crippen molar-refractivity contribution in [2.45, 2.75) is 12.8 Å². The second-order valence-corrected chi connectivity index (χ2v) is 5.00. The molecule has 106 valence electrons. The van der Waals surface area contributed by atoms with Crippen molar-refractivity contribution < 1.29 is 9.50 Å². The molecule has 2 aliphatic rings. The summed E-state index contributed by atoms with van der Waals surface area (Å²) in [7, 11) is 0. The number of aryl methyl sites for hydroxylation is 1. The van der Waals surface area contributed by atoms with Crippen molar-refractivity contribution in [1.82, 2.24) is 10.5 Å². The van der Waals surface area contributed by atoms with Gasteiger partial charge in [0.2, 0.25) is 5.88 Å². The number of fused-ring (bicyclic) bond motifs is 3. The lowest BCUT2D eigenvalue weighted by Crippen LogP contribution is -2.43. The zero-order valence-electron chi connectivity index (χ0n) is 11.1. The van der Waals surface area contributed by atoms with E-state index in [1.54, 1.807) is 29.5 Å². The number of halogens is 1. The second-order valence-electron chi connectivity index (χ2n) is 5.00. The minimum atomic E-state index is -0.307. The molecule has 0 radical (unpaired) electrons. The van der Waals surface area contributed by atoms with E-state index < -0.39 is 0 Å². The molecular weight excluding hydrogens is 271 g/mol. The van der Waals surface area contributed by atoms with E-state index in [0.717, 1.165) is 5.56 Å². The van der Waals surface area contributed by atoms with Crippen LogP contribution in [0.1, 0.15) is 12.0 Å². The van der Waals surface area contributed by atoms with E-state index in [-0.39, 0.29) is 11.7 Å². The Morgan fingerprint density at radius 1 is 1.14 bits per heavy atom. The van der Waals surface area contributed by atoms with E-state index in [9.17, 15) is 9.50 Å².